The zero-order chi connectivity index (χ0) is 22.6. The lowest BCUT2D eigenvalue weighted by atomic mass is 10.1. The van der Waals surface area contributed by atoms with Crippen molar-refractivity contribution in [3.05, 3.63) is 29.8 Å². The minimum absolute atomic E-state index is 0.163. The Kier molecular flexibility index (Phi) is 7.44. The summed E-state index contributed by atoms with van der Waals surface area (Å²) in [7, 11) is -3.43. The van der Waals surface area contributed by atoms with Crippen molar-refractivity contribution >= 4 is 27.7 Å². The number of carbonyl (C=O) groups excluding carboxylic acids is 2. The Balaban J connectivity index is 1.28. The molecule has 0 spiro atoms. The Bertz CT molecular complexity index is 918. The minimum Gasteiger partial charge on any atom is -0.349 e. The van der Waals surface area contributed by atoms with Crippen molar-refractivity contribution in [3.8, 4) is 0 Å². The molecule has 176 valence electrons. The Morgan fingerprint density at radius 3 is 2.16 bits per heavy atom. The maximum absolute atomic E-state index is 13.0. The average molecular weight is 464 g/mol. The van der Waals surface area contributed by atoms with E-state index in [2.05, 4.69) is 10.6 Å². The molecule has 2 heterocycles. The summed E-state index contributed by atoms with van der Waals surface area (Å²) in [5, 5.41) is 5.80. The zero-order valence-corrected chi connectivity index (χ0v) is 19.3. The number of nitrogens with zero attached hydrogens (tertiary/aromatic N) is 3. The summed E-state index contributed by atoms with van der Waals surface area (Å²) in [5.74, 6) is -0.378. The molecule has 3 aliphatic rings. The van der Waals surface area contributed by atoms with Crippen LogP contribution in [0.15, 0.2) is 24.3 Å². The SMILES string of the molecule is O=C(CN1CCN(S(=O)(=O)N2CCCCCC2)CC1)Nc1ccccc1C(=O)NC1CC1. The van der Waals surface area contributed by atoms with Gasteiger partial charge in [0.1, 0.15) is 0 Å². The fraction of sp³-hybridized carbons (Fsp3) is 0.636. The van der Waals surface area contributed by atoms with Crippen molar-refractivity contribution < 1.29 is 18.0 Å². The standard InChI is InChI=1S/C22H33N5O4S/c28-21(24-20-8-4-3-7-19(20)22(29)23-18-9-10-18)17-25-13-15-27(16-14-25)32(30,31)26-11-5-1-2-6-12-26/h3-4,7-8,18H,1-2,5-6,9-17H2,(H,23,29)(H,24,28). The van der Waals surface area contributed by atoms with Gasteiger partial charge in [-0.05, 0) is 37.8 Å². The van der Waals surface area contributed by atoms with E-state index in [1.54, 1.807) is 32.9 Å². The normalized spacial score (nSPS) is 21.6. The van der Waals surface area contributed by atoms with Crippen LogP contribution in [-0.2, 0) is 15.0 Å². The molecule has 2 aliphatic heterocycles. The van der Waals surface area contributed by atoms with E-state index in [0.29, 0.717) is 50.5 Å². The number of hydrogen-bond donors (Lipinski definition) is 2. The van der Waals surface area contributed by atoms with Gasteiger partial charge in [-0.1, -0.05) is 25.0 Å². The molecule has 1 saturated carbocycles. The molecule has 2 N–H and O–H groups in total. The predicted molar refractivity (Wildman–Crippen MR) is 123 cm³/mol. The molecule has 9 nitrogen and oxygen atoms in total. The number of anilines is 1. The summed E-state index contributed by atoms with van der Waals surface area (Å²) in [6.07, 6.45) is 6.00. The molecule has 1 aliphatic carbocycles. The minimum atomic E-state index is -3.43. The Labute approximate surface area is 190 Å². The monoisotopic (exact) mass is 463 g/mol. The van der Waals surface area contributed by atoms with Gasteiger partial charge in [-0.3, -0.25) is 14.5 Å². The summed E-state index contributed by atoms with van der Waals surface area (Å²) in [4.78, 5) is 27.0. The Morgan fingerprint density at radius 1 is 0.875 bits per heavy atom. The molecule has 0 unspecified atom stereocenters. The molecule has 1 aromatic carbocycles. The molecule has 0 radical (unpaired) electrons. The van der Waals surface area contributed by atoms with E-state index in [9.17, 15) is 18.0 Å². The molecular formula is C22H33N5O4S. The molecule has 4 rings (SSSR count). The predicted octanol–water partition coefficient (Wildman–Crippen LogP) is 1.26. The van der Waals surface area contributed by atoms with E-state index in [1.807, 2.05) is 4.90 Å². The average Bonchev–Trinajstić information content (AvgIpc) is 3.61. The van der Waals surface area contributed by atoms with Gasteiger partial charge < -0.3 is 10.6 Å². The van der Waals surface area contributed by atoms with E-state index in [4.69, 9.17) is 0 Å². The summed E-state index contributed by atoms with van der Waals surface area (Å²) in [5.41, 5.74) is 0.958. The van der Waals surface area contributed by atoms with Crippen LogP contribution in [0, 0.1) is 0 Å². The molecule has 0 atom stereocenters. The topological polar surface area (TPSA) is 102 Å². The van der Waals surface area contributed by atoms with E-state index in [1.165, 1.54) is 0 Å². The number of rotatable bonds is 7. The summed E-state index contributed by atoms with van der Waals surface area (Å²) >= 11 is 0. The highest BCUT2D eigenvalue weighted by molar-refractivity contribution is 7.86. The van der Waals surface area contributed by atoms with E-state index < -0.39 is 10.2 Å². The van der Waals surface area contributed by atoms with Gasteiger partial charge in [-0.2, -0.15) is 17.0 Å². The van der Waals surface area contributed by atoms with Gasteiger partial charge in [0.15, 0.2) is 0 Å². The first kappa shape index (κ1) is 23.2. The van der Waals surface area contributed by atoms with Crippen LogP contribution in [0.2, 0.25) is 0 Å². The molecular weight excluding hydrogens is 430 g/mol. The Morgan fingerprint density at radius 2 is 1.50 bits per heavy atom. The number of carbonyl (C=O) groups is 2. The quantitative estimate of drug-likeness (QED) is 0.634. The lowest BCUT2D eigenvalue weighted by molar-refractivity contribution is -0.117. The van der Waals surface area contributed by atoms with Crippen LogP contribution in [0.5, 0.6) is 0 Å². The number of benzene rings is 1. The van der Waals surface area contributed by atoms with Crippen LogP contribution < -0.4 is 10.6 Å². The highest BCUT2D eigenvalue weighted by atomic mass is 32.2. The number of amides is 2. The second kappa shape index (κ2) is 10.3. The fourth-order valence-electron chi connectivity index (χ4n) is 4.23. The lowest BCUT2D eigenvalue weighted by Crippen LogP contribution is -2.54. The van der Waals surface area contributed by atoms with Gasteiger partial charge in [0, 0.05) is 45.3 Å². The van der Waals surface area contributed by atoms with Crippen LogP contribution in [0.4, 0.5) is 5.69 Å². The maximum Gasteiger partial charge on any atom is 0.282 e. The molecule has 0 aromatic heterocycles. The van der Waals surface area contributed by atoms with Crippen LogP contribution in [-0.4, -0.2) is 85.6 Å². The molecule has 3 fully saturated rings. The van der Waals surface area contributed by atoms with Gasteiger partial charge in [0.2, 0.25) is 5.91 Å². The third-order valence-electron chi connectivity index (χ3n) is 6.27. The molecule has 2 saturated heterocycles. The summed E-state index contributed by atoms with van der Waals surface area (Å²) in [6, 6.07) is 7.25. The molecule has 1 aromatic rings. The number of piperazine rings is 1. The summed E-state index contributed by atoms with van der Waals surface area (Å²) < 4.78 is 29.1. The Hall–Kier alpha value is -2.01. The molecule has 2 amide bonds. The van der Waals surface area contributed by atoms with Crippen LogP contribution in [0.3, 0.4) is 0 Å². The van der Waals surface area contributed by atoms with Gasteiger partial charge in [-0.15, -0.1) is 0 Å². The molecule has 10 heteroatoms. The number of para-hydroxylation sites is 1. The lowest BCUT2D eigenvalue weighted by Gasteiger charge is -2.36. The third-order valence-corrected chi connectivity index (χ3v) is 8.31. The van der Waals surface area contributed by atoms with Crippen molar-refractivity contribution in [2.45, 2.75) is 44.6 Å². The van der Waals surface area contributed by atoms with Crippen molar-refractivity contribution in [1.82, 2.24) is 18.8 Å². The smallest absolute Gasteiger partial charge is 0.282 e. The molecule has 32 heavy (non-hydrogen) atoms. The van der Waals surface area contributed by atoms with Gasteiger partial charge in [0.25, 0.3) is 16.1 Å². The zero-order valence-electron chi connectivity index (χ0n) is 18.5. The second-order valence-electron chi connectivity index (χ2n) is 8.84. The molecule has 0 bridgehead atoms. The van der Waals surface area contributed by atoms with E-state index in [0.717, 1.165) is 38.5 Å². The first-order valence-corrected chi connectivity index (χ1v) is 13.0. The largest absolute Gasteiger partial charge is 0.349 e. The van der Waals surface area contributed by atoms with Crippen molar-refractivity contribution in [2.24, 2.45) is 0 Å². The van der Waals surface area contributed by atoms with Crippen molar-refractivity contribution in [1.29, 1.82) is 0 Å². The van der Waals surface area contributed by atoms with Gasteiger partial charge in [0.05, 0.1) is 17.8 Å². The maximum atomic E-state index is 13.0. The first-order chi connectivity index (χ1) is 15.4. The van der Waals surface area contributed by atoms with Gasteiger partial charge in [-0.25, -0.2) is 0 Å². The number of nitrogens with one attached hydrogen (secondary N) is 2. The third kappa shape index (κ3) is 5.86. The van der Waals surface area contributed by atoms with E-state index >= 15 is 0 Å². The van der Waals surface area contributed by atoms with Crippen molar-refractivity contribution in [2.75, 3.05) is 51.1 Å². The highest BCUT2D eigenvalue weighted by Gasteiger charge is 2.33. The number of hydrogen-bond acceptors (Lipinski definition) is 5. The summed E-state index contributed by atoms with van der Waals surface area (Å²) in [6.45, 7) is 3.13. The van der Waals surface area contributed by atoms with Crippen LogP contribution >= 0.6 is 0 Å². The van der Waals surface area contributed by atoms with Crippen LogP contribution in [0.1, 0.15) is 48.9 Å². The van der Waals surface area contributed by atoms with E-state index in [-0.39, 0.29) is 24.4 Å². The fourth-order valence-corrected chi connectivity index (χ4v) is 5.90. The van der Waals surface area contributed by atoms with Crippen LogP contribution in [0.25, 0.3) is 0 Å². The van der Waals surface area contributed by atoms with Gasteiger partial charge >= 0.3 is 0 Å². The van der Waals surface area contributed by atoms with Crippen molar-refractivity contribution in [3.63, 3.8) is 0 Å². The first-order valence-electron chi connectivity index (χ1n) is 11.6. The second-order valence-corrected chi connectivity index (χ2v) is 10.8. The highest BCUT2D eigenvalue weighted by Crippen LogP contribution is 2.22.